The molecular weight excluding hydrogens is 288 g/mol. The third-order valence-electron chi connectivity index (χ3n) is 3.19. The van der Waals surface area contributed by atoms with E-state index in [2.05, 4.69) is 5.32 Å². The lowest BCUT2D eigenvalue weighted by atomic mass is 10.1. The minimum Gasteiger partial charge on any atom is -0.489 e. The predicted molar refractivity (Wildman–Crippen MR) is 79.7 cm³/mol. The summed E-state index contributed by atoms with van der Waals surface area (Å²) in [5, 5.41) is 2.70. The lowest BCUT2D eigenvalue weighted by Gasteiger charge is -2.09. The molecule has 0 atom stereocenters. The number of rotatable bonds is 6. The molecule has 0 aromatic heterocycles. The number of amides is 1. The second-order valence-electron chi connectivity index (χ2n) is 4.88. The van der Waals surface area contributed by atoms with Crippen LogP contribution in [0.2, 0.25) is 0 Å². The predicted octanol–water partition coefficient (Wildman–Crippen LogP) is 3.01. The van der Waals surface area contributed by atoms with Gasteiger partial charge in [0, 0.05) is 6.07 Å². The molecule has 22 heavy (non-hydrogen) atoms. The van der Waals surface area contributed by atoms with E-state index in [-0.39, 0.29) is 31.2 Å². The topological polar surface area (TPSA) is 38.3 Å². The van der Waals surface area contributed by atoms with Crippen LogP contribution < -0.4 is 10.1 Å². The summed E-state index contributed by atoms with van der Waals surface area (Å²) >= 11 is 0. The highest BCUT2D eigenvalue weighted by atomic mass is 19.1. The first-order valence-corrected chi connectivity index (χ1v) is 6.95. The molecule has 0 fully saturated rings. The third kappa shape index (κ3) is 4.55. The number of aryl methyl sites for hydroxylation is 1. The monoisotopic (exact) mass is 305 g/mol. The molecule has 0 unspecified atom stereocenters. The van der Waals surface area contributed by atoms with Gasteiger partial charge in [0.25, 0.3) is 0 Å². The van der Waals surface area contributed by atoms with Gasteiger partial charge in [-0.2, -0.15) is 0 Å². The zero-order chi connectivity index (χ0) is 15.9. The number of hydrogen-bond acceptors (Lipinski definition) is 2. The summed E-state index contributed by atoms with van der Waals surface area (Å²) in [6.45, 7) is 2.31. The van der Waals surface area contributed by atoms with Crippen molar-refractivity contribution in [2.45, 2.75) is 13.3 Å². The fraction of sp³-hybridized carbons (Fsp3) is 0.235. The van der Waals surface area contributed by atoms with Gasteiger partial charge >= 0.3 is 0 Å². The summed E-state index contributed by atoms with van der Waals surface area (Å²) in [6.07, 6.45) is 0.289. The van der Waals surface area contributed by atoms with Crippen LogP contribution in [0.3, 0.4) is 0 Å². The summed E-state index contributed by atoms with van der Waals surface area (Å²) in [6, 6.07) is 10.8. The Morgan fingerprint density at radius 3 is 2.68 bits per heavy atom. The molecule has 0 aliphatic carbocycles. The Labute approximate surface area is 127 Å². The maximum atomic E-state index is 13.3. The van der Waals surface area contributed by atoms with Crippen LogP contribution in [0.15, 0.2) is 42.5 Å². The first kappa shape index (κ1) is 15.9. The van der Waals surface area contributed by atoms with Crippen LogP contribution in [0.1, 0.15) is 11.1 Å². The second-order valence-corrected chi connectivity index (χ2v) is 4.88. The van der Waals surface area contributed by atoms with Gasteiger partial charge < -0.3 is 10.1 Å². The molecule has 0 aliphatic rings. The molecule has 0 aliphatic heterocycles. The van der Waals surface area contributed by atoms with Crippen LogP contribution in [-0.2, 0) is 11.2 Å². The smallest absolute Gasteiger partial charge is 0.224 e. The molecule has 0 heterocycles. The van der Waals surface area contributed by atoms with Crippen molar-refractivity contribution >= 4 is 5.91 Å². The average molecular weight is 305 g/mol. The van der Waals surface area contributed by atoms with E-state index in [1.54, 1.807) is 0 Å². The third-order valence-corrected chi connectivity index (χ3v) is 3.19. The first-order valence-electron chi connectivity index (χ1n) is 6.95. The fourth-order valence-electron chi connectivity index (χ4n) is 1.99. The Balaban J connectivity index is 1.74. The van der Waals surface area contributed by atoms with Gasteiger partial charge in [0.2, 0.25) is 5.91 Å². The standard InChI is InChI=1S/C17H17F2NO2/c1-12-4-2-3-5-13(12)10-17(21)20-8-9-22-16-7-6-14(18)11-15(16)19/h2-7,11H,8-10H2,1H3,(H,20,21). The van der Waals surface area contributed by atoms with Gasteiger partial charge in [0.05, 0.1) is 13.0 Å². The van der Waals surface area contributed by atoms with Crippen molar-refractivity contribution in [3.8, 4) is 5.75 Å². The Kier molecular flexibility index (Phi) is 5.47. The van der Waals surface area contributed by atoms with Crippen LogP contribution in [0.5, 0.6) is 5.75 Å². The maximum absolute atomic E-state index is 13.3. The molecule has 116 valence electrons. The summed E-state index contributed by atoms with van der Waals surface area (Å²) in [5.41, 5.74) is 2.02. The normalized spacial score (nSPS) is 10.3. The highest BCUT2D eigenvalue weighted by Crippen LogP contribution is 2.17. The van der Waals surface area contributed by atoms with Crippen molar-refractivity contribution in [1.29, 1.82) is 0 Å². The van der Waals surface area contributed by atoms with Crippen LogP contribution in [0.25, 0.3) is 0 Å². The van der Waals surface area contributed by atoms with Crippen LogP contribution in [-0.4, -0.2) is 19.1 Å². The minimum absolute atomic E-state index is 0.0328. The van der Waals surface area contributed by atoms with E-state index in [1.807, 2.05) is 31.2 Å². The van der Waals surface area contributed by atoms with Crippen LogP contribution >= 0.6 is 0 Å². The van der Waals surface area contributed by atoms with E-state index in [9.17, 15) is 13.6 Å². The van der Waals surface area contributed by atoms with Crippen LogP contribution in [0, 0.1) is 18.6 Å². The summed E-state index contributed by atoms with van der Waals surface area (Å²) < 4.78 is 31.2. The van der Waals surface area contributed by atoms with E-state index >= 15 is 0 Å². The van der Waals surface area contributed by atoms with Crippen molar-refractivity contribution < 1.29 is 18.3 Å². The van der Waals surface area contributed by atoms with E-state index in [0.717, 1.165) is 23.3 Å². The molecule has 0 saturated carbocycles. The number of halogens is 2. The maximum Gasteiger partial charge on any atom is 0.224 e. The van der Waals surface area contributed by atoms with E-state index in [4.69, 9.17) is 4.74 Å². The molecular formula is C17H17F2NO2. The molecule has 0 radical (unpaired) electrons. The summed E-state index contributed by atoms with van der Waals surface area (Å²) in [5.74, 6) is -1.57. The lowest BCUT2D eigenvalue weighted by Crippen LogP contribution is -2.29. The Bertz CT molecular complexity index is 659. The second kappa shape index (κ2) is 7.54. The first-order chi connectivity index (χ1) is 10.6. The van der Waals surface area contributed by atoms with Crippen LogP contribution in [0.4, 0.5) is 8.78 Å². The van der Waals surface area contributed by atoms with Crippen molar-refractivity contribution in [3.63, 3.8) is 0 Å². The van der Waals surface area contributed by atoms with Crippen molar-refractivity contribution in [2.24, 2.45) is 0 Å². The lowest BCUT2D eigenvalue weighted by molar-refractivity contribution is -0.120. The minimum atomic E-state index is -0.758. The molecule has 3 nitrogen and oxygen atoms in total. The highest BCUT2D eigenvalue weighted by molar-refractivity contribution is 5.78. The molecule has 2 rings (SSSR count). The van der Waals surface area contributed by atoms with Gasteiger partial charge in [0.1, 0.15) is 12.4 Å². The molecule has 5 heteroatoms. The number of hydrogen-bond donors (Lipinski definition) is 1. The SMILES string of the molecule is Cc1ccccc1CC(=O)NCCOc1ccc(F)cc1F. The molecule has 1 N–H and O–H groups in total. The Morgan fingerprint density at radius 2 is 1.95 bits per heavy atom. The van der Waals surface area contributed by atoms with E-state index in [0.29, 0.717) is 0 Å². The quantitative estimate of drug-likeness (QED) is 0.833. The van der Waals surface area contributed by atoms with E-state index < -0.39 is 11.6 Å². The number of carbonyl (C=O) groups is 1. The molecule has 1 amide bonds. The molecule has 2 aromatic rings. The largest absolute Gasteiger partial charge is 0.489 e. The molecule has 2 aromatic carbocycles. The van der Waals surface area contributed by atoms with Gasteiger partial charge in [-0.3, -0.25) is 4.79 Å². The zero-order valence-corrected chi connectivity index (χ0v) is 12.2. The van der Waals surface area contributed by atoms with Crippen molar-refractivity contribution in [3.05, 3.63) is 65.2 Å². The number of carbonyl (C=O) groups excluding carboxylic acids is 1. The zero-order valence-electron chi connectivity index (χ0n) is 12.2. The highest BCUT2D eigenvalue weighted by Gasteiger charge is 2.07. The van der Waals surface area contributed by atoms with Gasteiger partial charge in [-0.25, -0.2) is 8.78 Å². The number of benzene rings is 2. The van der Waals surface area contributed by atoms with Crippen molar-refractivity contribution in [2.75, 3.05) is 13.2 Å². The number of ether oxygens (including phenoxy) is 1. The Hall–Kier alpha value is -2.43. The summed E-state index contributed by atoms with van der Waals surface area (Å²) in [4.78, 5) is 11.8. The number of nitrogens with one attached hydrogen (secondary N) is 1. The molecule has 0 spiro atoms. The Morgan fingerprint density at radius 1 is 1.18 bits per heavy atom. The molecule has 0 saturated heterocycles. The van der Waals surface area contributed by atoms with Gasteiger partial charge in [-0.05, 0) is 30.2 Å². The fourth-order valence-corrected chi connectivity index (χ4v) is 1.99. The van der Waals surface area contributed by atoms with Gasteiger partial charge in [-0.1, -0.05) is 24.3 Å². The van der Waals surface area contributed by atoms with Crippen molar-refractivity contribution in [1.82, 2.24) is 5.32 Å². The average Bonchev–Trinajstić information content (AvgIpc) is 2.48. The van der Waals surface area contributed by atoms with Gasteiger partial charge in [0.15, 0.2) is 11.6 Å². The molecule has 0 bridgehead atoms. The summed E-state index contributed by atoms with van der Waals surface area (Å²) in [7, 11) is 0. The van der Waals surface area contributed by atoms with E-state index in [1.165, 1.54) is 6.07 Å². The van der Waals surface area contributed by atoms with Gasteiger partial charge in [-0.15, -0.1) is 0 Å².